The first kappa shape index (κ1) is 19.4. The number of hydrogen-bond acceptors (Lipinski definition) is 5. The molecule has 1 saturated heterocycles. The smallest absolute Gasteiger partial charge is 0.102 e. The average Bonchev–Trinajstić information content (AvgIpc) is 2.74. The number of nitrogens with one attached hydrogen (secondary N) is 4. The third kappa shape index (κ3) is 8.50. The molecule has 5 heteroatoms. The highest BCUT2D eigenvalue weighted by molar-refractivity contribution is 7.16. The zero-order valence-corrected chi connectivity index (χ0v) is 14.9. The standard InChI is InChI=1S/C13H16N2S.C5H12N2/c1-4-5-6-7-10(2)15-13-12(9-14)8-11(3)16-13;1-2-6-4-5-7-3-1/h4-9,14-15H,1H2,2-3H3;6-7H,1-5H2/b6-5-,10-7+,14-9?;. The molecule has 23 heavy (non-hydrogen) atoms. The van der Waals surface area contributed by atoms with Crippen molar-refractivity contribution >= 4 is 22.6 Å². The van der Waals surface area contributed by atoms with Gasteiger partial charge in [0.05, 0.1) is 0 Å². The predicted octanol–water partition coefficient (Wildman–Crippen LogP) is 3.68. The summed E-state index contributed by atoms with van der Waals surface area (Å²) in [6.45, 7) is 12.3. The van der Waals surface area contributed by atoms with Gasteiger partial charge in [0.2, 0.25) is 0 Å². The molecule has 1 aliphatic rings. The maximum absolute atomic E-state index is 7.31. The van der Waals surface area contributed by atoms with Crippen molar-refractivity contribution in [2.24, 2.45) is 0 Å². The third-order valence-electron chi connectivity index (χ3n) is 3.13. The maximum atomic E-state index is 7.31. The molecule has 0 aliphatic carbocycles. The fourth-order valence-electron chi connectivity index (χ4n) is 2.00. The van der Waals surface area contributed by atoms with Gasteiger partial charge in [-0.2, -0.15) is 0 Å². The topological polar surface area (TPSA) is 59.9 Å². The molecule has 0 spiro atoms. The Hall–Kier alpha value is -1.69. The minimum atomic E-state index is 0.933. The fourth-order valence-corrected chi connectivity index (χ4v) is 2.96. The monoisotopic (exact) mass is 332 g/mol. The van der Waals surface area contributed by atoms with Crippen molar-refractivity contribution in [1.82, 2.24) is 10.6 Å². The van der Waals surface area contributed by atoms with Gasteiger partial charge in [-0.1, -0.05) is 24.8 Å². The third-order valence-corrected chi connectivity index (χ3v) is 4.11. The van der Waals surface area contributed by atoms with Crippen LogP contribution < -0.4 is 16.0 Å². The number of thiophene rings is 1. The molecule has 1 aromatic rings. The van der Waals surface area contributed by atoms with Crippen molar-refractivity contribution in [2.75, 3.05) is 31.5 Å². The van der Waals surface area contributed by atoms with Gasteiger partial charge in [0.15, 0.2) is 0 Å². The van der Waals surface area contributed by atoms with Crippen LogP contribution in [0.4, 0.5) is 5.00 Å². The van der Waals surface area contributed by atoms with Crippen LogP contribution in [0.1, 0.15) is 23.8 Å². The van der Waals surface area contributed by atoms with E-state index in [-0.39, 0.29) is 0 Å². The molecule has 1 aliphatic heterocycles. The van der Waals surface area contributed by atoms with E-state index < -0.39 is 0 Å². The Morgan fingerprint density at radius 1 is 1.26 bits per heavy atom. The van der Waals surface area contributed by atoms with E-state index in [4.69, 9.17) is 5.41 Å². The summed E-state index contributed by atoms with van der Waals surface area (Å²) in [5.74, 6) is 0. The Labute approximate surface area is 143 Å². The summed E-state index contributed by atoms with van der Waals surface area (Å²) < 4.78 is 0. The van der Waals surface area contributed by atoms with Crippen LogP contribution in [0, 0.1) is 12.3 Å². The van der Waals surface area contributed by atoms with Crippen LogP contribution >= 0.6 is 11.3 Å². The Kier molecular flexibility index (Phi) is 9.95. The van der Waals surface area contributed by atoms with Gasteiger partial charge in [-0.3, -0.25) is 0 Å². The van der Waals surface area contributed by atoms with Gasteiger partial charge in [-0.25, -0.2) is 0 Å². The second kappa shape index (κ2) is 11.8. The SMILES string of the molecule is C1CNCCNC1.C=C/C=C\C=C(/C)Nc1sc(C)cc1C=N. The second-order valence-electron chi connectivity index (χ2n) is 5.23. The van der Waals surface area contributed by atoms with E-state index in [2.05, 4.69) is 22.5 Å². The van der Waals surface area contributed by atoms with E-state index in [1.807, 2.05) is 38.1 Å². The molecule has 2 heterocycles. The lowest BCUT2D eigenvalue weighted by Gasteiger charge is -2.03. The largest absolute Gasteiger partial charge is 0.350 e. The van der Waals surface area contributed by atoms with Crippen molar-refractivity contribution in [3.05, 3.63) is 53.1 Å². The van der Waals surface area contributed by atoms with Crippen molar-refractivity contribution in [3.8, 4) is 0 Å². The van der Waals surface area contributed by atoms with E-state index >= 15 is 0 Å². The molecule has 0 bridgehead atoms. The molecule has 0 saturated carbocycles. The number of hydrogen-bond donors (Lipinski definition) is 4. The Morgan fingerprint density at radius 3 is 2.57 bits per heavy atom. The van der Waals surface area contributed by atoms with E-state index in [1.165, 1.54) is 30.6 Å². The van der Waals surface area contributed by atoms with Gasteiger partial charge in [0.1, 0.15) is 5.00 Å². The van der Waals surface area contributed by atoms with E-state index in [9.17, 15) is 0 Å². The number of rotatable bonds is 5. The first-order valence-electron chi connectivity index (χ1n) is 7.92. The number of anilines is 1. The van der Waals surface area contributed by atoms with Crippen molar-refractivity contribution in [1.29, 1.82) is 5.41 Å². The molecule has 2 rings (SSSR count). The molecule has 126 valence electrons. The van der Waals surface area contributed by atoms with Gasteiger partial charge in [-0.15, -0.1) is 11.3 Å². The van der Waals surface area contributed by atoms with Crippen LogP contribution in [-0.4, -0.2) is 32.4 Å². The molecular weight excluding hydrogens is 304 g/mol. The van der Waals surface area contributed by atoms with Gasteiger partial charge < -0.3 is 21.4 Å². The minimum Gasteiger partial charge on any atom is -0.350 e. The van der Waals surface area contributed by atoms with Gasteiger partial charge in [-0.05, 0) is 45.5 Å². The molecule has 0 amide bonds. The van der Waals surface area contributed by atoms with Gasteiger partial charge in [0.25, 0.3) is 0 Å². The van der Waals surface area contributed by atoms with Gasteiger partial charge >= 0.3 is 0 Å². The Bertz CT molecular complexity index is 524. The molecule has 0 radical (unpaired) electrons. The summed E-state index contributed by atoms with van der Waals surface area (Å²) in [5, 5.41) is 18.2. The zero-order chi connectivity index (χ0) is 16.9. The first-order valence-corrected chi connectivity index (χ1v) is 8.74. The van der Waals surface area contributed by atoms with Crippen LogP contribution in [0.5, 0.6) is 0 Å². The van der Waals surface area contributed by atoms with Crippen molar-refractivity contribution < 1.29 is 0 Å². The lowest BCUT2D eigenvalue weighted by atomic mass is 10.3. The van der Waals surface area contributed by atoms with E-state index in [0.717, 1.165) is 29.4 Å². The van der Waals surface area contributed by atoms with Crippen molar-refractivity contribution in [2.45, 2.75) is 20.3 Å². The minimum absolute atomic E-state index is 0.933. The van der Waals surface area contributed by atoms with Crippen LogP contribution in [0.3, 0.4) is 0 Å². The molecule has 0 atom stereocenters. The quantitative estimate of drug-likeness (QED) is 0.491. The van der Waals surface area contributed by atoms with Crippen molar-refractivity contribution in [3.63, 3.8) is 0 Å². The summed E-state index contributed by atoms with van der Waals surface area (Å²) in [6, 6.07) is 2.01. The second-order valence-corrected chi connectivity index (χ2v) is 6.49. The van der Waals surface area contributed by atoms with Crippen LogP contribution in [0.2, 0.25) is 0 Å². The molecular formula is C18H28N4S. The first-order chi connectivity index (χ1) is 11.2. The summed E-state index contributed by atoms with van der Waals surface area (Å²) in [4.78, 5) is 1.20. The van der Waals surface area contributed by atoms with Crippen LogP contribution in [0.25, 0.3) is 0 Å². The Morgan fingerprint density at radius 2 is 1.96 bits per heavy atom. The lowest BCUT2D eigenvalue weighted by Crippen LogP contribution is -2.21. The van der Waals surface area contributed by atoms with Crippen LogP contribution in [-0.2, 0) is 0 Å². The van der Waals surface area contributed by atoms with Gasteiger partial charge in [0, 0.05) is 35.4 Å². The maximum Gasteiger partial charge on any atom is 0.102 e. The average molecular weight is 333 g/mol. The highest BCUT2D eigenvalue weighted by atomic mass is 32.1. The normalized spacial score (nSPS) is 15.5. The fraction of sp³-hybridized carbons (Fsp3) is 0.389. The molecule has 0 unspecified atom stereocenters. The zero-order valence-electron chi connectivity index (χ0n) is 14.1. The molecule has 0 aromatic carbocycles. The number of aryl methyl sites for hydroxylation is 1. The molecule has 4 N–H and O–H groups in total. The summed E-state index contributed by atoms with van der Waals surface area (Å²) in [6.07, 6.45) is 10.2. The summed E-state index contributed by atoms with van der Waals surface area (Å²) >= 11 is 1.66. The molecule has 1 aromatic heterocycles. The summed E-state index contributed by atoms with van der Waals surface area (Å²) in [5.41, 5.74) is 1.98. The number of allylic oxidation sites excluding steroid dienone is 5. The van der Waals surface area contributed by atoms with E-state index in [0.29, 0.717) is 0 Å². The molecule has 1 fully saturated rings. The van der Waals surface area contributed by atoms with E-state index in [1.54, 1.807) is 17.4 Å². The predicted molar refractivity (Wildman–Crippen MR) is 104 cm³/mol. The Balaban J connectivity index is 0.000000313. The molecule has 4 nitrogen and oxygen atoms in total. The summed E-state index contributed by atoms with van der Waals surface area (Å²) in [7, 11) is 0. The highest BCUT2D eigenvalue weighted by Crippen LogP contribution is 2.27. The van der Waals surface area contributed by atoms with Crippen LogP contribution in [0.15, 0.2) is 42.6 Å². The lowest BCUT2D eigenvalue weighted by molar-refractivity contribution is 0.718. The highest BCUT2D eigenvalue weighted by Gasteiger charge is 2.03.